The van der Waals surface area contributed by atoms with Gasteiger partial charge in [-0.15, -0.1) is 11.8 Å². The van der Waals surface area contributed by atoms with Gasteiger partial charge >= 0.3 is 0 Å². The molecule has 0 N–H and O–H groups in total. The van der Waals surface area contributed by atoms with Crippen LogP contribution in [-0.2, 0) is 0 Å². The van der Waals surface area contributed by atoms with Gasteiger partial charge in [0.05, 0.1) is 5.75 Å². The normalized spacial score (nSPS) is 9.33. The standard InChI is InChI=1S/C16H12OS/c17-16(14-8-3-1-4-9-14)12-7-13-18-15-10-5-2-6-11-15/h1-6,8-11H,13H2. The Morgan fingerprint density at radius 1 is 0.944 bits per heavy atom. The summed E-state index contributed by atoms with van der Waals surface area (Å²) in [5.74, 6) is 6.06. The maximum absolute atomic E-state index is 11.7. The molecular formula is C16H12OS. The van der Waals surface area contributed by atoms with E-state index in [1.165, 1.54) is 4.90 Å². The first-order chi connectivity index (χ1) is 8.86. The van der Waals surface area contributed by atoms with E-state index in [-0.39, 0.29) is 5.78 Å². The molecule has 1 nitrogen and oxygen atoms in total. The molecule has 0 aromatic heterocycles. The first kappa shape index (κ1) is 12.5. The van der Waals surface area contributed by atoms with Crippen molar-refractivity contribution in [1.82, 2.24) is 0 Å². The number of rotatable bonds is 3. The summed E-state index contributed by atoms with van der Waals surface area (Å²) in [4.78, 5) is 12.8. The molecule has 0 aliphatic carbocycles. The van der Waals surface area contributed by atoms with Crippen LogP contribution in [0.2, 0.25) is 0 Å². The van der Waals surface area contributed by atoms with Crippen molar-refractivity contribution < 1.29 is 4.79 Å². The lowest BCUT2D eigenvalue weighted by molar-refractivity contribution is 0.105. The minimum Gasteiger partial charge on any atom is -0.279 e. The molecule has 0 spiro atoms. The molecule has 2 rings (SSSR count). The fourth-order valence-electron chi connectivity index (χ4n) is 1.41. The van der Waals surface area contributed by atoms with Crippen LogP contribution in [0.5, 0.6) is 0 Å². The number of carbonyl (C=O) groups excluding carboxylic acids is 1. The predicted octanol–water partition coefficient (Wildman–Crippen LogP) is 3.67. The van der Waals surface area contributed by atoms with E-state index in [2.05, 4.69) is 11.8 Å². The van der Waals surface area contributed by atoms with Crippen molar-refractivity contribution in [2.75, 3.05) is 5.75 Å². The summed E-state index contributed by atoms with van der Waals surface area (Å²) >= 11 is 1.63. The van der Waals surface area contributed by atoms with Gasteiger partial charge in [0, 0.05) is 10.5 Å². The molecule has 0 radical (unpaired) electrons. The summed E-state index contributed by atoms with van der Waals surface area (Å²) in [6.07, 6.45) is 0. The zero-order chi connectivity index (χ0) is 12.6. The topological polar surface area (TPSA) is 17.1 Å². The van der Waals surface area contributed by atoms with Crippen LogP contribution in [0, 0.1) is 11.8 Å². The van der Waals surface area contributed by atoms with Crippen molar-refractivity contribution in [3.8, 4) is 11.8 Å². The second-order valence-electron chi connectivity index (χ2n) is 3.60. The summed E-state index contributed by atoms with van der Waals surface area (Å²) in [5, 5.41) is 0. The molecule has 0 amide bonds. The van der Waals surface area contributed by atoms with Crippen molar-refractivity contribution in [3.63, 3.8) is 0 Å². The van der Waals surface area contributed by atoms with Crippen molar-refractivity contribution in [2.45, 2.75) is 4.90 Å². The number of hydrogen-bond donors (Lipinski definition) is 0. The molecule has 0 atom stereocenters. The second-order valence-corrected chi connectivity index (χ2v) is 4.65. The lowest BCUT2D eigenvalue weighted by Gasteiger charge is -1.94. The molecule has 0 aliphatic heterocycles. The van der Waals surface area contributed by atoms with Gasteiger partial charge in [-0.2, -0.15) is 0 Å². The molecule has 2 aromatic rings. The van der Waals surface area contributed by atoms with Crippen LogP contribution >= 0.6 is 11.8 Å². The van der Waals surface area contributed by atoms with E-state index in [0.29, 0.717) is 11.3 Å². The molecule has 0 heterocycles. The molecule has 0 fully saturated rings. The summed E-state index contributed by atoms with van der Waals surface area (Å²) in [7, 11) is 0. The molecule has 2 aromatic carbocycles. The van der Waals surface area contributed by atoms with Gasteiger partial charge in [0.1, 0.15) is 0 Å². The minimum absolute atomic E-state index is 0.121. The van der Waals surface area contributed by atoms with E-state index in [4.69, 9.17) is 0 Å². The van der Waals surface area contributed by atoms with Crippen LogP contribution in [0.15, 0.2) is 65.6 Å². The van der Waals surface area contributed by atoms with Crippen LogP contribution < -0.4 is 0 Å². The van der Waals surface area contributed by atoms with E-state index in [1.807, 2.05) is 48.5 Å². The van der Waals surface area contributed by atoms with Crippen molar-refractivity contribution in [3.05, 3.63) is 66.2 Å². The lowest BCUT2D eigenvalue weighted by atomic mass is 10.1. The molecule has 2 heteroatoms. The smallest absolute Gasteiger partial charge is 0.235 e. The van der Waals surface area contributed by atoms with Gasteiger partial charge in [0.2, 0.25) is 5.78 Å². The first-order valence-corrected chi connectivity index (χ1v) is 6.61. The molecule has 0 aliphatic rings. The molecule has 18 heavy (non-hydrogen) atoms. The van der Waals surface area contributed by atoms with Crippen LogP contribution in [0.4, 0.5) is 0 Å². The highest BCUT2D eigenvalue weighted by Crippen LogP contribution is 2.15. The van der Waals surface area contributed by atoms with Crippen LogP contribution in [-0.4, -0.2) is 11.5 Å². The van der Waals surface area contributed by atoms with E-state index >= 15 is 0 Å². The van der Waals surface area contributed by atoms with Crippen LogP contribution in [0.1, 0.15) is 10.4 Å². The van der Waals surface area contributed by atoms with Gasteiger partial charge in [0.25, 0.3) is 0 Å². The molecule has 88 valence electrons. The third-order valence-electron chi connectivity index (χ3n) is 2.29. The number of thioether (sulfide) groups is 1. The fourth-order valence-corrected chi connectivity index (χ4v) is 2.07. The average molecular weight is 252 g/mol. The molecular weight excluding hydrogens is 240 g/mol. The summed E-state index contributed by atoms with van der Waals surface area (Å²) in [5.41, 5.74) is 0.648. The quantitative estimate of drug-likeness (QED) is 0.359. The number of ketones is 1. The maximum Gasteiger partial charge on any atom is 0.235 e. The number of hydrogen-bond acceptors (Lipinski definition) is 2. The van der Waals surface area contributed by atoms with Gasteiger partial charge < -0.3 is 0 Å². The summed E-state index contributed by atoms with van der Waals surface area (Å²) in [6.45, 7) is 0. The number of carbonyl (C=O) groups is 1. The zero-order valence-electron chi connectivity index (χ0n) is 9.80. The third kappa shape index (κ3) is 3.80. The predicted molar refractivity (Wildman–Crippen MR) is 75.7 cm³/mol. The van der Waals surface area contributed by atoms with Crippen molar-refractivity contribution >= 4 is 17.5 Å². The summed E-state index contributed by atoms with van der Waals surface area (Å²) in [6, 6.07) is 19.2. The van der Waals surface area contributed by atoms with Gasteiger partial charge in [0.15, 0.2) is 0 Å². The SMILES string of the molecule is O=C(C#CCSc1ccccc1)c1ccccc1. The highest BCUT2D eigenvalue weighted by Gasteiger charge is 1.98. The Labute approximate surface area is 111 Å². The highest BCUT2D eigenvalue weighted by atomic mass is 32.2. The Morgan fingerprint density at radius 3 is 2.22 bits per heavy atom. The van der Waals surface area contributed by atoms with Gasteiger partial charge in [-0.05, 0) is 18.1 Å². The summed E-state index contributed by atoms with van der Waals surface area (Å²) < 4.78 is 0. The first-order valence-electron chi connectivity index (χ1n) is 5.62. The van der Waals surface area contributed by atoms with E-state index < -0.39 is 0 Å². The van der Waals surface area contributed by atoms with Crippen molar-refractivity contribution in [2.24, 2.45) is 0 Å². The Morgan fingerprint density at radius 2 is 1.56 bits per heavy atom. The molecule has 0 saturated heterocycles. The number of Topliss-reactive ketones (excluding diaryl/α,β-unsaturated/α-hetero) is 1. The van der Waals surface area contributed by atoms with E-state index in [1.54, 1.807) is 23.9 Å². The Balaban J connectivity index is 1.88. The van der Waals surface area contributed by atoms with Gasteiger partial charge in [-0.3, -0.25) is 4.79 Å². The fraction of sp³-hybridized carbons (Fsp3) is 0.0625. The lowest BCUT2D eigenvalue weighted by Crippen LogP contribution is -1.93. The molecule has 0 unspecified atom stereocenters. The average Bonchev–Trinajstić information content (AvgIpc) is 2.45. The monoisotopic (exact) mass is 252 g/mol. The number of benzene rings is 2. The van der Waals surface area contributed by atoms with E-state index in [9.17, 15) is 4.79 Å². The zero-order valence-corrected chi connectivity index (χ0v) is 10.6. The largest absolute Gasteiger partial charge is 0.279 e. The Hall–Kier alpha value is -1.98. The Kier molecular flexibility index (Phi) is 4.63. The van der Waals surface area contributed by atoms with Gasteiger partial charge in [-0.25, -0.2) is 0 Å². The van der Waals surface area contributed by atoms with E-state index in [0.717, 1.165) is 0 Å². The van der Waals surface area contributed by atoms with Gasteiger partial charge in [-0.1, -0.05) is 54.5 Å². The third-order valence-corrected chi connectivity index (χ3v) is 3.19. The molecule has 0 saturated carbocycles. The maximum atomic E-state index is 11.7. The Bertz CT molecular complexity index is 564. The van der Waals surface area contributed by atoms with Crippen LogP contribution in [0.3, 0.4) is 0 Å². The van der Waals surface area contributed by atoms with Crippen molar-refractivity contribution in [1.29, 1.82) is 0 Å². The van der Waals surface area contributed by atoms with Crippen LogP contribution in [0.25, 0.3) is 0 Å². The molecule has 0 bridgehead atoms. The minimum atomic E-state index is -0.121. The highest BCUT2D eigenvalue weighted by molar-refractivity contribution is 7.99. The second kappa shape index (κ2) is 6.68.